The van der Waals surface area contributed by atoms with Gasteiger partial charge in [-0.25, -0.2) is 9.18 Å². The minimum atomic E-state index is -0.813. The molecule has 0 fully saturated rings. The van der Waals surface area contributed by atoms with E-state index in [-0.39, 0.29) is 34.1 Å². The van der Waals surface area contributed by atoms with E-state index in [0.29, 0.717) is 11.1 Å². The fraction of sp³-hybridized carbons (Fsp3) is 0.0833. The van der Waals surface area contributed by atoms with Crippen LogP contribution < -0.4 is 10.1 Å². The highest BCUT2D eigenvalue weighted by atomic mass is 19.1. The maximum Gasteiger partial charge on any atom is 0.344 e. The lowest BCUT2D eigenvalue weighted by molar-refractivity contribution is -0.149. The zero-order valence-electron chi connectivity index (χ0n) is 16.6. The number of hydrogen-bond donors (Lipinski definition) is 1. The van der Waals surface area contributed by atoms with Crippen molar-refractivity contribution in [2.75, 3.05) is 18.5 Å². The number of amides is 1. The number of carbonyl (C=O) groups excluding carboxylic acids is 4. The van der Waals surface area contributed by atoms with Gasteiger partial charge in [0.15, 0.2) is 24.8 Å². The fourth-order valence-electron chi connectivity index (χ4n) is 3.26. The number of ketones is 2. The Balaban J connectivity index is 1.34. The second-order valence-corrected chi connectivity index (χ2v) is 6.92. The first-order chi connectivity index (χ1) is 15.4. The van der Waals surface area contributed by atoms with Crippen molar-refractivity contribution < 1.29 is 33.0 Å². The van der Waals surface area contributed by atoms with Crippen molar-refractivity contribution >= 4 is 29.1 Å². The zero-order valence-corrected chi connectivity index (χ0v) is 16.6. The Hall–Kier alpha value is -4.33. The van der Waals surface area contributed by atoms with Crippen LogP contribution in [0.5, 0.6) is 5.75 Å². The van der Waals surface area contributed by atoms with Crippen molar-refractivity contribution in [1.82, 2.24) is 0 Å². The molecule has 7 nitrogen and oxygen atoms in total. The predicted octanol–water partition coefficient (Wildman–Crippen LogP) is 3.16. The summed E-state index contributed by atoms with van der Waals surface area (Å²) >= 11 is 0. The van der Waals surface area contributed by atoms with Crippen LogP contribution in [0, 0.1) is 5.82 Å². The monoisotopic (exact) mass is 433 g/mol. The number of halogens is 1. The maximum absolute atomic E-state index is 13.1. The lowest BCUT2D eigenvalue weighted by Gasteiger charge is -2.18. The first-order valence-electron chi connectivity index (χ1n) is 9.58. The third kappa shape index (κ3) is 4.39. The van der Waals surface area contributed by atoms with Gasteiger partial charge in [-0.2, -0.15) is 0 Å². The number of fused-ring (bicyclic) bond motifs is 2. The average Bonchev–Trinajstić information content (AvgIpc) is 2.80. The number of anilines is 1. The van der Waals surface area contributed by atoms with E-state index in [1.54, 1.807) is 24.3 Å². The van der Waals surface area contributed by atoms with Crippen molar-refractivity contribution in [1.29, 1.82) is 0 Å². The number of nitrogens with one attached hydrogen (secondary N) is 1. The molecule has 8 heteroatoms. The molecule has 3 aromatic rings. The van der Waals surface area contributed by atoms with E-state index in [9.17, 15) is 23.6 Å². The number of carbonyl (C=O) groups is 4. The van der Waals surface area contributed by atoms with Crippen LogP contribution in [0.3, 0.4) is 0 Å². The van der Waals surface area contributed by atoms with Gasteiger partial charge in [0, 0.05) is 34.0 Å². The Morgan fingerprint density at radius 1 is 0.781 bits per heavy atom. The maximum atomic E-state index is 13.1. The minimum Gasteiger partial charge on any atom is -0.482 e. The molecule has 0 heterocycles. The molecule has 0 saturated heterocycles. The molecule has 3 aromatic carbocycles. The molecule has 0 saturated carbocycles. The van der Waals surface area contributed by atoms with E-state index in [2.05, 4.69) is 5.32 Å². The van der Waals surface area contributed by atoms with Crippen molar-refractivity contribution in [2.45, 2.75) is 0 Å². The highest BCUT2D eigenvalue weighted by molar-refractivity contribution is 6.28. The third-order valence-corrected chi connectivity index (χ3v) is 4.73. The molecule has 0 radical (unpaired) electrons. The summed E-state index contributed by atoms with van der Waals surface area (Å²) in [5.74, 6) is -2.39. The summed E-state index contributed by atoms with van der Waals surface area (Å²) in [5, 5.41) is 2.52. The lowest BCUT2D eigenvalue weighted by Crippen LogP contribution is -2.24. The first kappa shape index (κ1) is 20.9. The van der Waals surface area contributed by atoms with Crippen molar-refractivity contribution in [3.63, 3.8) is 0 Å². The Kier molecular flexibility index (Phi) is 5.76. The summed E-state index contributed by atoms with van der Waals surface area (Å²) in [6, 6.07) is 16.2. The van der Waals surface area contributed by atoms with Crippen LogP contribution in [-0.4, -0.2) is 36.7 Å². The molecule has 1 aliphatic carbocycles. The normalized spacial score (nSPS) is 11.9. The number of esters is 1. The smallest absolute Gasteiger partial charge is 0.344 e. The highest BCUT2D eigenvalue weighted by Gasteiger charge is 2.29. The Morgan fingerprint density at radius 3 is 2.19 bits per heavy atom. The van der Waals surface area contributed by atoms with Gasteiger partial charge >= 0.3 is 5.97 Å². The first-order valence-corrected chi connectivity index (χ1v) is 9.58. The highest BCUT2D eigenvalue weighted by Crippen LogP contribution is 2.29. The van der Waals surface area contributed by atoms with Gasteiger partial charge in [-0.15, -0.1) is 0 Å². The predicted molar refractivity (Wildman–Crippen MR) is 111 cm³/mol. The number of benzene rings is 3. The van der Waals surface area contributed by atoms with E-state index in [1.165, 1.54) is 36.4 Å². The van der Waals surface area contributed by atoms with Crippen molar-refractivity contribution in [2.24, 2.45) is 0 Å². The van der Waals surface area contributed by atoms with Crippen LogP contribution in [0.25, 0.3) is 0 Å². The quantitative estimate of drug-likeness (QED) is 0.469. The van der Waals surface area contributed by atoms with Gasteiger partial charge in [0.2, 0.25) is 0 Å². The zero-order chi connectivity index (χ0) is 22.7. The van der Waals surface area contributed by atoms with Crippen LogP contribution >= 0.6 is 0 Å². The molecule has 0 bridgehead atoms. The Morgan fingerprint density at radius 2 is 1.47 bits per heavy atom. The molecule has 4 rings (SSSR count). The van der Waals surface area contributed by atoms with Crippen molar-refractivity contribution in [3.05, 3.63) is 94.8 Å². The van der Waals surface area contributed by atoms with Gasteiger partial charge in [0.1, 0.15) is 11.6 Å². The summed E-state index contributed by atoms with van der Waals surface area (Å²) in [5.41, 5.74) is 1.37. The molecule has 32 heavy (non-hydrogen) atoms. The number of hydrogen-bond acceptors (Lipinski definition) is 6. The second kappa shape index (κ2) is 8.81. The van der Waals surface area contributed by atoms with Crippen LogP contribution in [0.2, 0.25) is 0 Å². The molecule has 1 aliphatic rings. The Labute approximate surface area is 181 Å². The molecule has 1 amide bonds. The average molecular weight is 433 g/mol. The van der Waals surface area contributed by atoms with Gasteiger partial charge < -0.3 is 14.8 Å². The van der Waals surface area contributed by atoms with Gasteiger partial charge in [0.05, 0.1) is 0 Å². The molecule has 0 unspecified atom stereocenters. The van der Waals surface area contributed by atoms with E-state index < -0.39 is 30.9 Å². The van der Waals surface area contributed by atoms with Gasteiger partial charge in [-0.1, -0.05) is 30.3 Å². The van der Waals surface area contributed by atoms with Crippen LogP contribution in [-0.2, 0) is 14.3 Å². The number of ether oxygens (including phenoxy) is 2. The van der Waals surface area contributed by atoms with Crippen LogP contribution in [0.4, 0.5) is 10.1 Å². The molecule has 0 atom stereocenters. The van der Waals surface area contributed by atoms with E-state index >= 15 is 0 Å². The largest absolute Gasteiger partial charge is 0.482 e. The molecule has 0 aliphatic heterocycles. The summed E-state index contributed by atoms with van der Waals surface area (Å²) in [7, 11) is 0. The molecular weight excluding hydrogens is 417 g/mol. The molecule has 0 spiro atoms. The van der Waals surface area contributed by atoms with Gasteiger partial charge in [0.25, 0.3) is 5.91 Å². The molecule has 0 aromatic heterocycles. The molecule has 160 valence electrons. The van der Waals surface area contributed by atoms with Gasteiger partial charge in [-0.05, 0) is 30.3 Å². The Bertz CT molecular complexity index is 1250. The summed E-state index contributed by atoms with van der Waals surface area (Å²) in [6.45, 7) is -1.08. The summed E-state index contributed by atoms with van der Waals surface area (Å²) in [6.07, 6.45) is 0. The van der Waals surface area contributed by atoms with E-state index in [1.807, 2.05) is 0 Å². The lowest BCUT2D eigenvalue weighted by atomic mass is 9.84. The molecular formula is C24H16FNO6. The fourth-order valence-corrected chi connectivity index (χ4v) is 3.26. The van der Waals surface area contributed by atoms with Gasteiger partial charge in [-0.3, -0.25) is 14.4 Å². The van der Waals surface area contributed by atoms with E-state index in [4.69, 9.17) is 9.47 Å². The van der Waals surface area contributed by atoms with E-state index in [0.717, 1.165) is 6.07 Å². The summed E-state index contributed by atoms with van der Waals surface area (Å²) in [4.78, 5) is 49.2. The summed E-state index contributed by atoms with van der Waals surface area (Å²) < 4.78 is 23.0. The second-order valence-electron chi connectivity index (χ2n) is 6.92. The van der Waals surface area contributed by atoms with Crippen LogP contribution in [0.15, 0.2) is 66.7 Å². The third-order valence-electron chi connectivity index (χ3n) is 4.73. The number of rotatable bonds is 6. The SMILES string of the molecule is O=C(COC(=O)COc1cccc(F)c1)Nc1ccc2c(c1)C(=O)c1ccccc1C2=O. The topological polar surface area (TPSA) is 98.8 Å². The van der Waals surface area contributed by atoms with Crippen molar-refractivity contribution in [3.8, 4) is 5.75 Å². The van der Waals surface area contributed by atoms with Crippen LogP contribution in [0.1, 0.15) is 31.8 Å². The standard InChI is InChI=1S/C24H16FNO6/c25-14-4-3-5-16(10-14)31-13-22(28)32-12-21(27)26-15-8-9-19-20(11-15)24(30)18-7-2-1-6-17(18)23(19)29/h1-11H,12-13H2,(H,26,27). The minimum absolute atomic E-state index is 0.154. The molecule has 1 N–H and O–H groups in total.